The highest BCUT2D eigenvalue weighted by atomic mass is 32.1. The van der Waals surface area contributed by atoms with Crippen LogP contribution >= 0.6 is 11.3 Å². The first-order valence-electron chi connectivity index (χ1n) is 10.2. The molecule has 4 rings (SSSR count). The van der Waals surface area contributed by atoms with Crippen molar-refractivity contribution in [3.63, 3.8) is 0 Å². The van der Waals surface area contributed by atoms with Crippen LogP contribution < -0.4 is 5.32 Å². The number of likely N-dealkylation sites (tertiary alicyclic amines) is 1. The Balaban J connectivity index is 1.32. The van der Waals surface area contributed by atoms with Crippen LogP contribution in [0.1, 0.15) is 46.2 Å². The van der Waals surface area contributed by atoms with E-state index < -0.39 is 0 Å². The Morgan fingerprint density at radius 1 is 1.10 bits per heavy atom. The van der Waals surface area contributed by atoms with Crippen LogP contribution in [0.4, 0.5) is 0 Å². The molecule has 0 bridgehead atoms. The minimum atomic E-state index is -0.123. The molecular weight excluding hydrogens is 394 g/mol. The van der Waals surface area contributed by atoms with E-state index in [0.717, 1.165) is 43.0 Å². The number of hydrogen-bond donors (Lipinski definition) is 1. The van der Waals surface area contributed by atoms with Gasteiger partial charge in [-0.25, -0.2) is 4.98 Å². The van der Waals surface area contributed by atoms with Crippen molar-refractivity contribution in [3.8, 4) is 10.6 Å². The first-order chi connectivity index (χ1) is 14.6. The molecule has 30 heavy (non-hydrogen) atoms. The molecule has 1 aliphatic rings. The molecule has 0 saturated carbocycles. The van der Waals surface area contributed by atoms with Gasteiger partial charge in [-0.15, -0.1) is 11.3 Å². The number of rotatable bonds is 6. The summed E-state index contributed by atoms with van der Waals surface area (Å²) in [6.07, 6.45) is 1.88. The number of aromatic nitrogens is 1. The van der Waals surface area contributed by atoms with Gasteiger partial charge in [-0.1, -0.05) is 48.5 Å². The Hall–Kier alpha value is -2.83. The Kier molecular flexibility index (Phi) is 6.35. The van der Waals surface area contributed by atoms with E-state index in [9.17, 15) is 9.59 Å². The van der Waals surface area contributed by atoms with Crippen molar-refractivity contribution in [1.29, 1.82) is 0 Å². The number of piperidine rings is 1. The van der Waals surface area contributed by atoms with Crippen molar-refractivity contribution in [1.82, 2.24) is 15.2 Å². The van der Waals surface area contributed by atoms with Crippen LogP contribution in [0.2, 0.25) is 0 Å². The van der Waals surface area contributed by atoms with E-state index in [1.165, 1.54) is 16.9 Å². The molecule has 0 unspecified atom stereocenters. The second-order valence-corrected chi connectivity index (χ2v) is 8.54. The number of benzene rings is 2. The molecule has 2 aromatic carbocycles. The maximum Gasteiger partial charge on any atom is 0.270 e. The number of carbonyl (C=O) groups is 2. The summed E-state index contributed by atoms with van der Waals surface area (Å²) in [7, 11) is 0. The number of Topliss-reactive ketones (excluding diaryl/α,β-unsaturated/α-hetero) is 1. The number of thiazole rings is 1. The molecule has 0 radical (unpaired) electrons. The molecule has 1 saturated heterocycles. The predicted octanol–water partition coefficient (Wildman–Crippen LogP) is 4.41. The quantitative estimate of drug-likeness (QED) is 0.601. The van der Waals surface area contributed by atoms with Crippen molar-refractivity contribution < 1.29 is 9.59 Å². The van der Waals surface area contributed by atoms with Crippen molar-refractivity contribution in [2.24, 2.45) is 0 Å². The summed E-state index contributed by atoms with van der Waals surface area (Å²) in [5.74, 6) is -0.105. The molecule has 1 N–H and O–H groups in total. The molecule has 0 spiro atoms. The van der Waals surface area contributed by atoms with Crippen molar-refractivity contribution in [2.45, 2.75) is 32.4 Å². The lowest BCUT2D eigenvalue weighted by molar-refractivity contribution is 0.0904. The summed E-state index contributed by atoms with van der Waals surface area (Å²) in [6.45, 7) is 4.45. The van der Waals surface area contributed by atoms with E-state index in [4.69, 9.17) is 0 Å². The van der Waals surface area contributed by atoms with Crippen molar-refractivity contribution in [2.75, 3.05) is 13.1 Å². The summed E-state index contributed by atoms with van der Waals surface area (Å²) in [5, 5.41) is 5.68. The molecule has 6 heteroatoms. The maximum atomic E-state index is 12.7. The molecule has 0 atom stereocenters. The summed E-state index contributed by atoms with van der Waals surface area (Å²) in [4.78, 5) is 31.2. The van der Waals surface area contributed by atoms with E-state index in [-0.39, 0.29) is 17.7 Å². The zero-order valence-electron chi connectivity index (χ0n) is 17.0. The van der Waals surface area contributed by atoms with E-state index in [0.29, 0.717) is 11.3 Å². The van der Waals surface area contributed by atoms with Crippen LogP contribution in [0, 0.1) is 0 Å². The van der Waals surface area contributed by atoms with Gasteiger partial charge < -0.3 is 5.32 Å². The maximum absolute atomic E-state index is 12.7. The third-order valence-electron chi connectivity index (χ3n) is 5.42. The number of carbonyl (C=O) groups excluding carboxylic acids is 2. The second kappa shape index (κ2) is 9.32. The van der Waals surface area contributed by atoms with Gasteiger partial charge in [0.25, 0.3) is 5.91 Å². The van der Waals surface area contributed by atoms with Crippen LogP contribution in [0.3, 0.4) is 0 Å². The summed E-state index contributed by atoms with van der Waals surface area (Å²) in [6, 6.07) is 18.0. The minimum absolute atomic E-state index is 0.0185. The Bertz CT molecular complexity index is 1020. The monoisotopic (exact) mass is 419 g/mol. The minimum Gasteiger partial charge on any atom is -0.348 e. The van der Waals surface area contributed by atoms with Gasteiger partial charge in [-0.2, -0.15) is 0 Å². The first-order valence-corrected chi connectivity index (χ1v) is 11.1. The number of hydrogen-bond acceptors (Lipinski definition) is 5. The molecular formula is C24H25N3O2S. The van der Waals surface area contributed by atoms with Gasteiger partial charge in [0, 0.05) is 42.2 Å². The predicted molar refractivity (Wildman–Crippen MR) is 120 cm³/mol. The molecule has 1 aliphatic heterocycles. The number of nitrogens with one attached hydrogen (secondary N) is 1. The standard InChI is InChI=1S/C24H25N3O2S/c1-17(28)19-8-5-9-20(14-19)24-26-22(16-30-24)23(29)25-21-10-12-27(13-11-21)15-18-6-3-2-4-7-18/h2-9,14,16,21H,10-13,15H2,1H3,(H,25,29). The van der Waals surface area contributed by atoms with E-state index >= 15 is 0 Å². The lowest BCUT2D eigenvalue weighted by atomic mass is 10.0. The van der Waals surface area contributed by atoms with Gasteiger partial charge >= 0.3 is 0 Å². The highest BCUT2D eigenvalue weighted by molar-refractivity contribution is 7.13. The summed E-state index contributed by atoms with van der Waals surface area (Å²) >= 11 is 1.42. The molecule has 2 heterocycles. The van der Waals surface area contributed by atoms with Crippen molar-refractivity contribution >= 4 is 23.0 Å². The van der Waals surface area contributed by atoms with Gasteiger partial charge in [0.15, 0.2) is 5.78 Å². The average Bonchev–Trinajstić information content (AvgIpc) is 3.26. The lowest BCUT2D eigenvalue weighted by Crippen LogP contribution is -2.44. The Morgan fingerprint density at radius 3 is 2.60 bits per heavy atom. The van der Waals surface area contributed by atoms with Crippen LogP contribution in [-0.4, -0.2) is 40.7 Å². The van der Waals surface area contributed by atoms with Crippen LogP contribution in [0.5, 0.6) is 0 Å². The SMILES string of the molecule is CC(=O)c1cccc(-c2nc(C(=O)NC3CCN(Cc4ccccc4)CC3)cs2)c1. The third kappa shape index (κ3) is 5.01. The number of amides is 1. The summed E-state index contributed by atoms with van der Waals surface area (Å²) in [5.41, 5.74) is 3.27. The van der Waals surface area contributed by atoms with E-state index in [1.54, 1.807) is 18.4 Å². The Morgan fingerprint density at radius 2 is 1.87 bits per heavy atom. The van der Waals surface area contributed by atoms with Gasteiger partial charge in [0.05, 0.1) is 0 Å². The average molecular weight is 420 g/mol. The fraction of sp³-hybridized carbons (Fsp3) is 0.292. The molecule has 1 aromatic heterocycles. The van der Waals surface area contributed by atoms with Gasteiger partial charge in [0.1, 0.15) is 10.7 Å². The molecule has 1 amide bonds. The fourth-order valence-corrected chi connectivity index (χ4v) is 4.52. The second-order valence-electron chi connectivity index (χ2n) is 7.68. The Labute approximate surface area is 180 Å². The zero-order chi connectivity index (χ0) is 20.9. The number of nitrogens with zero attached hydrogens (tertiary/aromatic N) is 2. The van der Waals surface area contributed by atoms with Gasteiger partial charge in [-0.3, -0.25) is 14.5 Å². The summed E-state index contributed by atoms with van der Waals surface area (Å²) < 4.78 is 0. The molecule has 3 aromatic rings. The topological polar surface area (TPSA) is 62.3 Å². The molecule has 1 fully saturated rings. The van der Waals surface area contributed by atoms with Crippen LogP contribution in [-0.2, 0) is 6.54 Å². The van der Waals surface area contributed by atoms with Gasteiger partial charge in [0.2, 0.25) is 0 Å². The van der Waals surface area contributed by atoms with Gasteiger partial charge in [-0.05, 0) is 31.4 Å². The van der Waals surface area contributed by atoms with Crippen LogP contribution in [0.15, 0.2) is 60.0 Å². The zero-order valence-corrected chi connectivity index (χ0v) is 17.8. The smallest absolute Gasteiger partial charge is 0.270 e. The number of ketones is 1. The molecule has 0 aliphatic carbocycles. The lowest BCUT2D eigenvalue weighted by Gasteiger charge is -2.32. The van der Waals surface area contributed by atoms with Crippen LogP contribution in [0.25, 0.3) is 10.6 Å². The fourth-order valence-electron chi connectivity index (χ4n) is 3.72. The molecule has 5 nitrogen and oxygen atoms in total. The molecule has 154 valence electrons. The normalized spacial score (nSPS) is 15.1. The largest absolute Gasteiger partial charge is 0.348 e. The first kappa shape index (κ1) is 20.4. The third-order valence-corrected chi connectivity index (χ3v) is 6.32. The van der Waals surface area contributed by atoms with E-state index in [1.807, 2.05) is 24.3 Å². The highest BCUT2D eigenvalue weighted by Crippen LogP contribution is 2.25. The van der Waals surface area contributed by atoms with Crippen molar-refractivity contribution in [3.05, 3.63) is 76.8 Å². The highest BCUT2D eigenvalue weighted by Gasteiger charge is 2.22. The van der Waals surface area contributed by atoms with E-state index in [2.05, 4.69) is 39.5 Å².